The lowest BCUT2D eigenvalue weighted by atomic mass is 10.1. The highest BCUT2D eigenvalue weighted by atomic mass is 31.2. The lowest BCUT2D eigenvalue weighted by Gasteiger charge is -2.04. The molecule has 0 unspecified atom stereocenters. The smallest absolute Gasteiger partial charge is 0.329 e. The van der Waals surface area contributed by atoms with Gasteiger partial charge in [0.05, 0.1) is 28.2 Å². The van der Waals surface area contributed by atoms with Crippen LogP contribution in [0, 0.1) is 0 Å². The van der Waals surface area contributed by atoms with Gasteiger partial charge in [0.1, 0.15) is 5.82 Å². The van der Waals surface area contributed by atoms with Gasteiger partial charge < -0.3 is 14.8 Å². The van der Waals surface area contributed by atoms with E-state index in [1.807, 2.05) is 36.4 Å². The summed E-state index contributed by atoms with van der Waals surface area (Å²) in [5, 5.41) is 1.87. The summed E-state index contributed by atoms with van der Waals surface area (Å²) in [5.41, 5.74) is 4.74. The molecule has 0 aliphatic rings. The van der Waals surface area contributed by atoms with Crippen LogP contribution in [0.15, 0.2) is 60.9 Å². The maximum atomic E-state index is 11.2. The van der Waals surface area contributed by atoms with Gasteiger partial charge in [0.2, 0.25) is 0 Å². The Balaban J connectivity index is 1.71. The molecule has 138 valence electrons. The summed E-state index contributed by atoms with van der Waals surface area (Å²) >= 11 is 0. The topological polar surface area (TPSA) is 112 Å². The molecule has 0 aliphatic carbocycles. The molecule has 0 spiro atoms. The molecule has 0 radical (unpaired) electrons. The van der Waals surface area contributed by atoms with Crippen molar-refractivity contribution in [2.45, 2.75) is 6.16 Å². The molecule has 28 heavy (non-hydrogen) atoms. The summed E-state index contributed by atoms with van der Waals surface area (Å²) < 4.78 is 11.2. The van der Waals surface area contributed by atoms with E-state index in [1.165, 1.54) is 0 Å². The maximum absolute atomic E-state index is 11.2. The Labute approximate surface area is 159 Å². The molecule has 3 heterocycles. The number of rotatable bonds is 3. The summed E-state index contributed by atoms with van der Waals surface area (Å²) in [6.45, 7) is 0. The molecule has 0 amide bonds. The molecule has 0 fully saturated rings. The second-order valence-corrected chi connectivity index (χ2v) is 8.27. The number of aromatic nitrogens is 4. The normalized spacial score (nSPS) is 12.2. The molecule has 0 saturated heterocycles. The van der Waals surface area contributed by atoms with Crippen LogP contribution in [0.4, 0.5) is 0 Å². The lowest BCUT2D eigenvalue weighted by molar-refractivity contribution is 0.371. The van der Waals surface area contributed by atoms with Crippen LogP contribution in [0.2, 0.25) is 0 Å². The van der Waals surface area contributed by atoms with Crippen LogP contribution >= 0.6 is 7.60 Å². The lowest BCUT2D eigenvalue weighted by Crippen LogP contribution is -1.87. The summed E-state index contributed by atoms with van der Waals surface area (Å²) in [4.78, 5) is 35.4. The Morgan fingerprint density at radius 1 is 0.857 bits per heavy atom. The first kappa shape index (κ1) is 17.0. The molecule has 8 heteroatoms. The number of nitrogens with one attached hydrogen (secondary N) is 1. The largest absolute Gasteiger partial charge is 0.337 e. The van der Waals surface area contributed by atoms with Gasteiger partial charge in [-0.25, -0.2) is 4.98 Å². The van der Waals surface area contributed by atoms with Gasteiger partial charge in [0, 0.05) is 28.7 Å². The number of hydrogen-bond acceptors (Lipinski definition) is 4. The van der Waals surface area contributed by atoms with E-state index in [-0.39, 0.29) is 6.16 Å². The first-order chi connectivity index (χ1) is 13.5. The highest BCUT2D eigenvalue weighted by molar-refractivity contribution is 7.50. The molecule has 3 N–H and O–H groups in total. The van der Waals surface area contributed by atoms with E-state index in [4.69, 9.17) is 14.8 Å². The van der Waals surface area contributed by atoms with Crippen LogP contribution in [-0.4, -0.2) is 29.7 Å². The van der Waals surface area contributed by atoms with E-state index in [0.29, 0.717) is 11.4 Å². The van der Waals surface area contributed by atoms with Crippen molar-refractivity contribution >= 4 is 40.4 Å². The minimum atomic E-state index is -4.09. The minimum Gasteiger partial charge on any atom is -0.337 e. The van der Waals surface area contributed by atoms with Gasteiger partial charge >= 0.3 is 7.60 Å². The highest BCUT2D eigenvalue weighted by Gasteiger charge is 2.16. The molecular weight excluding hydrogens is 375 g/mol. The molecule has 2 aromatic carbocycles. The van der Waals surface area contributed by atoms with Crippen molar-refractivity contribution in [2.24, 2.45) is 0 Å². The second-order valence-electron chi connectivity index (χ2n) is 6.63. The van der Waals surface area contributed by atoms with E-state index in [0.717, 1.165) is 38.4 Å². The predicted molar refractivity (Wildman–Crippen MR) is 108 cm³/mol. The van der Waals surface area contributed by atoms with Gasteiger partial charge in [0.15, 0.2) is 0 Å². The highest BCUT2D eigenvalue weighted by Crippen LogP contribution is 2.39. The molecule has 7 nitrogen and oxygen atoms in total. The Kier molecular flexibility index (Phi) is 3.77. The molecule has 0 bridgehead atoms. The van der Waals surface area contributed by atoms with Crippen molar-refractivity contribution in [2.75, 3.05) is 0 Å². The first-order valence-corrected chi connectivity index (χ1v) is 10.4. The van der Waals surface area contributed by atoms with Crippen LogP contribution in [0.1, 0.15) is 5.56 Å². The summed E-state index contributed by atoms with van der Waals surface area (Å²) in [6, 6.07) is 14.8. The predicted octanol–water partition coefficient (Wildman–Crippen LogP) is 4.00. The van der Waals surface area contributed by atoms with E-state index >= 15 is 0 Å². The first-order valence-electron chi connectivity index (χ1n) is 8.65. The number of pyridine rings is 2. The van der Waals surface area contributed by atoms with Gasteiger partial charge in [0.25, 0.3) is 0 Å². The standard InChI is InChI=1S/C20H15N4O3P/c25-28(26,27)11-12-5-7-13(8-6-12)20-23-18-14-3-1-9-21-16(14)17-15(19(18)24-20)4-2-10-22-17/h1-10H,11H2,(H,23,24)(H2,25,26,27). The Morgan fingerprint density at radius 2 is 1.50 bits per heavy atom. The SMILES string of the molecule is O=P(O)(O)Cc1ccc(-c2nc3c4cccnc4c4ncccc4c3[nH]2)cc1. The molecule has 5 aromatic rings. The van der Waals surface area contributed by atoms with Crippen LogP contribution < -0.4 is 0 Å². The molecule has 0 atom stereocenters. The van der Waals surface area contributed by atoms with E-state index < -0.39 is 7.60 Å². The average molecular weight is 390 g/mol. The zero-order chi connectivity index (χ0) is 19.3. The van der Waals surface area contributed by atoms with Gasteiger partial charge in [-0.15, -0.1) is 0 Å². The van der Waals surface area contributed by atoms with E-state index in [1.54, 1.807) is 24.5 Å². The Hall–Kier alpha value is -3.12. The third-order valence-electron chi connectivity index (χ3n) is 4.68. The zero-order valence-corrected chi connectivity index (χ0v) is 15.5. The Morgan fingerprint density at radius 3 is 2.18 bits per heavy atom. The third kappa shape index (κ3) is 2.86. The number of nitrogens with zero attached hydrogens (tertiary/aromatic N) is 3. The van der Waals surface area contributed by atoms with Gasteiger partial charge in [-0.3, -0.25) is 14.5 Å². The van der Waals surface area contributed by atoms with Crippen LogP contribution in [0.5, 0.6) is 0 Å². The minimum absolute atomic E-state index is 0.278. The van der Waals surface area contributed by atoms with Crippen LogP contribution in [0.3, 0.4) is 0 Å². The maximum Gasteiger partial charge on any atom is 0.329 e. The van der Waals surface area contributed by atoms with Crippen molar-refractivity contribution in [3.63, 3.8) is 0 Å². The monoisotopic (exact) mass is 390 g/mol. The molecule has 5 rings (SSSR count). The molecule has 0 aliphatic heterocycles. The molecular formula is C20H15N4O3P. The molecule has 3 aromatic heterocycles. The van der Waals surface area contributed by atoms with Gasteiger partial charge in [-0.1, -0.05) is 24.3 Å². The number of H-pyrrole nitrogens is 1. The van der Waals surface area contributed by atoms with E-state index in [2.05, 4.69) is 15.0 Å². The third-order valence-corrected chi connectivity index (χ3v) is 5.46. The van der Waals surface area contributed by atoms with Crippen molar-refractivity contribution in [3.05, 3.63) is 66.5 Å². The van der Waals surface area contributed by atoms with Crippen molar-refractivity contribution in [1.29, 1.82) is 0 Å². The van der Waals surface area contributed by atoms with Crippen molar-refractivity contribution in [3.8, 4) is 11.4 Å². The second kappa shape index (κ2) is 6.21. The summed E-state index contributed by atoms with van der Waals surface area (Å²) in [7, 11) is -4.09. The van der Waals surface area contributed by atoms with Crippen molar-refractivity contribution in [1.82, 2.24) is 19.9 Å². The Bertz CT molecular complexity index is 1320. The zero-order valence-electron chi connectivity index (χ0n) is 14.6. The quantitative estimate of drug-likeness (QED) is 0.317. The fourth-order valence-electron chi connectivity index (χ4n) is 3.49. The summed E-state index contributed by atoms with van der Waals surface area (Å²) in [6.07, 6.45) is 3.22. The van der Waals surface area contributed by atoms with Crippen molar-refractivity contribution < 1.29 is 14.4 Å². The summed E-state index contributed by atoms with van der Waals surface area (Å²) in [5.74, 6) is 0.680. The van der Waals surface area contributed by atoms with Gasteiger partial charge in [-0.2, -0.15) is 0 Å². The number of benzene rings is 2. The van der Waals surface area contributed by atoms with Crippen LogP contribution in [0.25, 0.3) is 44.2 Å². The number of imidazole rings is 1. The molecule has 0 saturated carbocycles. The van der Waals surface area contributed by atoms with Crippen LogP contribution in [-0.2, 0) is 10.7 Å². The fourth-order valence-corrected chi connectivity index (χ4v) is 4.17. The van der Waals surface area contributed by atoms with Gasteiger partial charge in [-0.05, 0) is 29.8 Å². The number of hydrogen-bond donors (Lipinski definition) is 3. The number of aromatic amines is 1. The fraction of sp³-hybridized carbons (Fsp3) is 0.0500. The average Bonchev–Trinajstić information content (AvgIpc) is 3.13. The number of fused-ring (bicyclic) bond motifs is 6. The van der Waals surface area contributed by atoms with E-state index in [9.17, 15) is 4.57 Å².